The number of nitrogens with one attached hydrogen (secondary N) is 1. The summed E-state index contributed by atoms with van der Waals surface area (Å²) in [5.74, 6) is -0.00634. The number of unbranched alkanes of at least 4 members (excludes halogenated alkanes) is 52. The maximum absolute atomic E-state index is 12.4. The van der Waals surface area contributed by atoms with Crippen LogP contribution in [-0.2, 0) is 14.3 Å². The minimum atomic E-state index is -0.657. The van der Waals surface area contributed by atoms with Crippen LogP contribution in [0.3, 0.4) is 0 Å². The highest BCUT2D eigenvalue weighted by Gasteiger charge is 2.20. The normalized spacial score (nSPS) is 12.4. The zero-order valence-electron chi connectivity index (χ0n) is 49.2. The van der Waals surface area contributed by atoms with Gasteiger partial charge in [-0.2, -0.15) is 0 Å². The quantitative estimate of drug-likeness (QED) is 0.0417. The molecule has 6 nitrogen and oxygen atoms in total. The van der Waals surface area contributed by atoms with Crippen molar-refractivity contribution >= 4 is 11.9 Å². The maximum atomic E-state index is 12.4. The number of carbonyl (C=O) groups is 2. The van der Waals surface area contributed by atoms with Crippen LogP contribution in [0.4, 0.5) is 0 Å². The van der Waals surface area contributed by atoms with Gasteiger partial charge in [-0.1, -0.05) is 348 Å². The first-order chi connectivity index (χ1) is 35.5. The predicted octanol–water partition coefficient (Wildman–Crippen LogP) is 21.0. The monoisotopic (exact) mass is 1020 g/mol. The second-order valence-corrected chi connectivity index (χ2v) is 23.2. The fraction of sp³-hybridized carbons (Fsp3) is 0.970. The molecule has 0 aromatic heterocycles. The Morgan fingerprint density at radius 2 is 0.569 bits per heavy atom. The Bertz CT molecular complexity index is 1040. The number of esters is 1. The van der Waals surface area contributed by atoms with Crippen molar-refractivity contribution in [2.24, 2.45) is 0 Å². The van der Waals surface area contributed by atoms with E-state index in [1.165, 1.54) is 315 Å². The van der Waals surface area contributed by atoms with E-state index in [0.29, 0.717) is 25.9 Å². The van der Waals surface area contributed by atoms with Crippen molar-refractivity contribution in [3.63, 3.8) is 0 Å². The molecule has 0 aromatic rings. The average Bonchev–Trinajstić information content (AvgIpc) is 3.38. The van der Waals surface area contributed by atoms with E-state index in [4.69, 9.17) is 4.74 Å². The molecule has 0 fully saturated rings. The Kier molecular flexibility index (Phi) is 61.4. The summed E-state index contributed by atoms with van der Waals surface area (Å²) in [6.07, 6.45) is 74.5. The minimum absolute atomic E-state index is 0.0243. The first kappa shape index (κ1) is 70.9. The van der Waals surface area contributed by atoms with Crippen molar-refractivity contribution < 1.29 is 24.5 Å². The van der Waals surface area contributed by atoms with Crippen molar-refractivity contribution in [2.75, 3.05) is 13.2 Å². The highest BCUT2D eigenvalue weighted by molar-refractivity contribution is 5.76. The van der Waals surface area contributed by atoms with Gasteiger partial charge in [0.05, 0.1) is 25.4 Å². The second-order valence-electron chi connectivity index (χ2n) is 23.2. The number of carbonyl (C=O) groups excluding carboxylic acids is 2. The fourth-order valence-electron chi connectivity index (χ4n) is 10.8. The highest BCUT2D eigenvalue weighted by Crippen LogP contribution is 2.19. The number of rotatable bonds is 63. The van der Waals surface area contributed by atoms with Crippen LogP contribution in [0.15, 0.2) is 0 Å². The van der Waals surface area contributed by atoms with Gasteiger partial charge in [-0.05, 0) is 25.7 Å². The third kappa shape index (κ3) is 58.1. The molecule has 0 aliphatic rings. The molecule has 0 saturated carbocycles. The molecule has 1 amide bonds. The first-order valence-electron chi connectivity index (χ1n) is 33.3. The summed E-state index contributed by atoms with van der Waals surface area (Å²) in [5.41, 5.74) is 0. The van der Waals surface area contributed by atoms with Gasteiger partial charge in [0.1, 0.15) is 0 Å². The summed E-state index contributed by atoms with van der Waals surface area (Å²) in [7, 11) is 0. The largest absolute Gasteiger partial charge is 0.466 e. The fourth-order valence-corrected chi connectivity index (χ4v) is 10.8. The Balaban J connectivity index is 3.27. The summed E-state index contributed by atoms with van der Waals surface area (Å²) in [4.78, 5) is 24.5. The molecule has 0 aliphatic carbocycles. The zero-order valence-corrected chi connectivity index (χ0v) is 49.2. The van der Waals surface area contributed by atoms with Gasteiger partial charge >= 0.3 is 5.97 Å². The lowest BCUT2D eigenvalue weighted by atomic mass is 10.0. The van der Waals surface area contributed by atoms with Gasteiger partial charge in [-0.3, -0.25) is 9.59 Å². The third-order valence-electron chi connectivity index (χ3n) is 15.9. The van der Waals surface area contributed by atoms with Crippen molar-refractivity contribution in [3.05, 3.63) is 0 Å². The Labute approximate surface area is 451 Å². The Morgan fingerprint density at radius 3 is 0.847 bits per heavy atom. The van der Waals surface area contributed by atoms with Crippen LogP contribution < -0.4 is 5.32 Å². The van der Waals surface area contributed by atoms with Crippen molar-refractivity contribution in [1.82, 2.24) is 5.32 Å². The number of aliphatic hydroxyl groups excluding tert-OH is 2. The van der Waals surface area contributed by atoms with Gasteiger partial charge in [-0.25, -0.2) is 0 Å². The predicted molar refractivity (Wildman–Crippen MR) is 315 cm³/mol. The molecule has 3 N–H and O–H groups in total. The van der Waals surface area contributed by atoms with Crippen LogP contribution in [-0.4, -0.2) is 47.4 Å². The van der Waals surface area contributed by atoms with E-state index in [9.17, 15) is 19.8 Å². The third-order valence-corrected chi connectivity index (χ3v) is 15.9. The number of aliphatic hydroxyl groups is 2. The van der Waals surface area contributed by atoms with Crippen LogP contribution in [0, 0.1) is 0 Å². The van der Waals surface area contributed by atoms with Crippen molar-refractivity contribution in [2.45, 2.75) is 398 Å². The standard InChI is InChI=1S/C66H131NO5/c1-3-5-7-9-11-13-14-15-37-40-44-48-52-56-60-66(71)72-61-57-53-49-45-41-38-35-33-31-29-27-25-23-21-19-17-16-18-20-22-24-26-28-30-32-34-36-39-43-47-51-55-59-65(70)67-63(62-68)64(69)58-54-50-46-42-12-10-8-6-4-2/h63-64,68-69H,3-62H2,1-2H3,(H,67,70). The van der Waals surface area contributed by atoms with Crippen LogP contribution in [0.1, 0.15) is 386 Å². The molecule has 0 rings (SSSR count). The summed E-state index contributed by atoms with van der Waals surface area (Å²) >= 11 is 0. The second kappa shape index (κ2) is 62.4. The molecule has 72 heavy (non-hydrogen) atoms. The summed E-state index contributed by atoms with van der Waals surface area (Å²) in [5, 5.41) is 23.1. The van der Waals surface area contributed by atoms with Crippen molar-refractivity contribution in [3.8, 4) is 0 Å². The van der Waals surface area contributed by atoms with Gasteiger partial charge in [0.2, 0.25) is 5.91 Å². The molecule has 6 heteroatoms. The molecule has 430 valence electrons. The Morgan fingerprint density at radius 1 is 0.333 bits per heavy atom. The highest BCUT2D eigenvalue weighted by atomic mass is 16.5. The SMILES string of the molecule is CCCCCCCCCCCCCCCCC(=O)OCCCCCCCCCCCCCCCCCCCCCCCCCCCCCCCCCCC(=O)NC(CO)C(O)CCCCCCCCCCC. The van der Waals surface area contributed by atoms with E-state index in [1.54, 1.807) is 0 Å². The topological polar surface area (TPSA) is 95.9 Å². The molecule has 0 aliphatic heterocycles. The average molecular weight is 1020 g/mol. The molecule has 0 heterocycles. The molecule has 0 bridgehead atoms. The van der Waals surface area contributed by atoms with E-state index in [2.05, 4.69) is 19.2 Å². The lowest BCUT2D eigenvalue weighted by Gasteiger charge is -2.22. The van der Waals surface area contributed by atoms with E-state index in [1.807, 2.05) is 0 Å². The molecule has 0 aromatic carbocycles. The summed E-state index contributed by atoms with van der Waals surface area (Å²) in [6.45, 7) is 4.97. The lowest BCUT2D eigenvalue weighted by molar-refractivity contribution is -0.143. The molecular weight excluding hydrogens is 887 g/mol. The zero-order chi connectivity index (χ0) is 52.2. The summed E-state index contributed by atoms with van der Waals surface area (Å²) in [6, 6.07) is -0.534. The lowest BCUT2D eigenvalue weighted by Crippen LogP contribution is -2.45. The molecule has 0 saturated heterocycles. The number of hydrogen-bond acceptors (Lipinski definition) is 5. The molecule has 0 spiro atoms. The van der Waals surface area contributed by atoms with Crippen LogP contribution in [0.25, 0.3) is 0 Å². The van der Waals surface area contributed by atoms with E-state index in [-0.39, 0.29) is 18.5 Å². The smallest absolute Gasteiger partial charge is 0.305 e. The Hall–Kier alpha value is -1.14. The van der Waals surface area contributed by atoms with Gasteiger partial charge in [-0.15, -0.1) is 0 Å². The van der Waals surface area contributed by atoms with Crippen LogP contribution >= 0.6 is 0 Å². The molecular formula is C66H131NO5. The first-order valence-corrected chi connectivity index (χ1v) is 33.3. The molecule has 2 unspecified atom stereocenters. The minimum Gasteiger partial charge on any atom is -0.466 e. The van der Waals surface area contributed by atoms with Gasteiger partial charge in [0, 0.05) is 12.8 Å². The van der Waals surface area contributed by atoms with E-state index >= 15 is 0 Å². The van der Waals surface area contributed by atoms with Crippen LogP contribution in [0.2, 0.25) is 0 Å². The molecule has 2 atom stereocenters. The number of ether oxygens (including phenoxy) is 1. The van der Waals surface area contributed by atoms with Crippen molar-refractivity contribution in [1.29, 1.82) is 0 Å². The maximum Gasteiger partial charge on any atom is 0.305 e. The summed E-state index contributed by atoms with van der Waals surface area (Å²) < 4.78 is 5.49. The molecule has 0 radical (unpaired) electrons. The van der Waals surface area contributed by atoms with E-state index in [0.717, 1.165) is 38.5 Å². The van der Waals surface area contributed by atoms with Gasteiger partial charge < -0.3 is 20.3 Å². The van der Waals surface area contributed by atoms with E-state index < -0.39 is 12.1 Å². The van der Waals surface area contributed by atoms with Gasteiger partial charge in [0.15, 0.2) is 0 Å². The number of amides is 1. The van der Waals surface area contributed by atoms with Gasteiger partial charge in [0.25, 0.3) is 0 Å². The van der Waals surface area contributed by atoms with Crippen LogP contribution in [0.5, 0.6) is 0 Å². The number of hydrogen-bond donors (Lipinski definition) is 3.